The van der Waals surface area contributed by atoms with Crippen molar-refractivity contribution in [3.63, 3.8) is 0 Å². The number of hydrogen-bond acceptors (Lipinski definition) is 8. The van der Waals surface area contributed by atoms with Crippen LogP contribution in [0.5, 0.6) is 11.5 Å². The quantitative estimate of drug-likeness (QED) is 0.522. The van der Waals surface area contributed by atoms with Crippen LogP contribution in [0.2, 0.25) is 0 Å². The molecule has 0 saturated heterocycles. The number of carbonyl (C=O) groups excluding carboxylic acids is 2. The molecule has 0 unspecified atom stereocenters. The van der Waals surface area contributed by atoms with Gasteiger partial charge < -0.3 is 24.8 Å². The molecule has 2 N–H and O–H groups in total. The van der Waals surface area contributed by atoms with Crippen molar-refractivity contribution < 1.29 is 23.8 Å². The molecule has 0 spiro atoms. The predicted molar refractivity (Wildman–Crippen MR) is 123 cm³/mol. The number of carbonyl (C=O) groups is 2. The van der Waals surface area contributed by atoms with Gasteiger partial charge in [0.05, 0.1) is 6.04 Å². The largest absolute Gasteiger partial charge is 0.486 e. The molecule has 3 aromatic rings. The maximum Gasteiger partial charge on any atom is 0.286 e. The standard InChI is InChI=1S/C23H24N4O5S/c1-14-3-6-17(7-4-14)25-22(29)23-27-26-21(33-23)13-30-12-20(28)24-15(2)16-5-8-18-19(11-16)32-10-9-31-18/h3-8,11,15H,9-10,12-13H2,1-2H3,(H,24,28)(H,25,29)/t15-/m0/s1. The normalized spacial score (nSPS) is 13.3. The Hall–Kier alpha value is -3.50. The molecule has 1 aromatic heterocycles. The van der Waals surface area contributed by atoms with Crippen LogP contribution in [0.1, 0.15) is 38.9 Å². The Bertz CT molecular complexity index is 1130. The van der Waals surface area contributed by atoms with Crippen LogP contribution in [0.25, 0.3) is 0 Å². The molecule has 0 aliphatic carbocycles. The minimum absolute atomic E-state index is 0.0846. The lowest BCUT2D eigenvalue weighted by Gasteiger charge is -2.21. The highest BCUT2D eigenvalue weighted by molar-refractivity contribution is 7.13. The molecule has 0 bridgehead atoms. The van der Waals surface area contributed by atoms with E-state index in [4.69, 9.17) is 14.2 Å². The third-order valence-electron chi connectivity index (χ3n) is 4.87. The molecule has 2 aromatic carbocycles. The van der Waals surface area contributed by atoms with Crippen molar-refractivity contribution in [3.05, 3.63) is 63.6 Å². The minimum Gasteiger partial charge on any atom is -0.486 e. The van der Waals surface area contributed by atoms with E-state index in [1.54, 1.807) is 0 Å². The summed E-state index contributed by atoms with van der Waals surface area (Å²) in [6.07, 6.45) is 0. The third-order valence-corrected chi connectivity index (χ3v) is 5.77. The van der Waals surface area contributed by atoms with Crippen LogP contribution in [0.15, 0.2) is 42.5 Å². The fourth-order valence-corrected chi connectivity index (χ4v) is 3.82. The minimum atomic E-state index is -0.339. The van der Waals surface area contributed by atoms with E-state index >= 15 is 0 Å². The first-order valence-corrected chi connectivity index (χ1v) is 11.3. The summed E-state index contributed by atoms with van der Waals surface area (Å²) in [5, 5.41) is 14.3. The van der Waals surface area contributed by atoms with E-state index in [1.165, 1.54) is 0 Å². The number of fused-ring (bicyclic) bond motifs is 1. The second kappa shape index (κ2) is 10.4. The molecule has 2 amide bonds. The Morgan fingerprint density at radius 3 is 2.64 bits per heavy atom. The van der Waals surface area contributed by atoms with E-state index < -0.39 is 0 Å². The van der Waals surface area contributed by atoms with Crippen LogP contribution in [-0.4, -0.2) is 41.8 Å². The molecule has 1 atom stereocenters. The SMILES string of the molecule is Cc1ccc(NC(=O)c2nnc(COCC(=O)N[C@@H](C)c3ccc4c(c3)OCCO4)s2)cc1. The summed E-state index contributed by atoms with van der Waals surface area (Å²) in [4.78, 5) is 24.6. The maximum absolute atomic E-state index is 12.3. The van der Waals surface area contributed by atoms with Crippen molar-refractivity contribution in [1.29, 1.82) is 0 Å². The average Bonchev–Trinajstić information content (AvgIpc) is 3.29. The molecular formula is C23H24N4O5S. The van der Waals surface area contributed by atoms with Gasteiger partial charge in [0.1, 0.15) is 31.4 Å². The summed E-state index contributed by atoms with van der Waals surface area (Å²) in [5.74, 6) is 0.776. The van der Waals surface area contributed by atoms with Crippen LogP contribution in [0.4, 0.5) is 5.69 Å². The molecule has 0 radical (unpaired) electrons. The zero-order valence-electron chi connectivity index (χ0n) is 18.3. The lowest BCUT2D eigenvalue weighted by Crippen LogP contribution is -2.30. The number of rotatable bonds is 8. The number of benzene rings is 2. The van der Waals surface area contributed by atoms with Crippen LogP contribution in [-0.2, 0) is 16.1 Å². The lowest BCUT2D eigenvalue weighted by atomic mass is 10.1. The van der Waals surface area contributed by atoms with Crippen LogP contribution >= 0.6 is 11.3 Å². The second-order valence-corrected chi connectivity index (χ2v) is 8.57. The highest BCUT2D eigenvalue weighted by Crippen LogP contribution is 2.32. The number of ether oxygens (including phenoxy) is 3. The van der Waals surface area contributed by atoms with Crippen LogP contribution < -0.4 is 20.1 Å². The Balaban J connectivity index is 1.22. The van der Waals surface area contributed by atoms with Gasteiger partial charge in [0.25, 0.3) is 5.91 Å². The lowest BCUT2D eigenvalue weighted by molar-refractivity contribution is -0.126. The summed E-state index contributed by atoms with van der Waals surface area (Å²) in [5.41, 5.74) is 2.69. The van der Waals surface area contributed by atoms with Gasteiger partial charge in [-0.1, -0.05) is 35.1 Å². The molecule has 0 saturated carbocycles. The summed E-state index contributed by atoms with van der Waals surface area (Å²) >= 11 is 1.12. The van der Waals surface area contributed by atoms with E-state index in [2.05, 4.69) is 20.8 Å². The van der Waals surface area contributed by atoms with Gasteiger partial charge in [-0.3, -0.25) is 9.59 Å². The summed E-state index contributed by atoms with van der Waals surface area (Å²) in [7, 11) is 0. The van der Waals surface area contributed by atoms with Crippen LogP contribution in [0.3, 0.4) is 0 Å². The molecule has 9 nitrogen and oxygen atoms in total. The van der Waals surface area contributed by atoms with Gasteiger partial charge in [-0.05, 0) is 43.7 Å². The Morgan fingerprint density at radius 2 is 1.85 bits per heavy atom. The molecule has 4 rings (SSSR count). The third kappa shape index (κ3) is 6.05. The van der Waals surface area contributed by atoms with Gasteiger partial charge in [0.2, 0.25) is 10.9 Å². The Labute approximate surface area is 195 Å². The number of aryl methyl sites for hydroxylation is 1. The number of anilines is 1. The van der Waals surface area contributed by atoms with E-state index in [9.17, 15) is 9.59 Å². The number of amides is 2. The Morgan fingerprint density at radius 1 is 1.09 bits per heavy atom. The van der Waals surface area contributed by atoms with Gasteiger partial charge >= 0.3 is 0 Å². The van der Waals surface area contributed by atoms with Gasteiger partial charge in [-0.2, -0.15) is 0 Å². The molecule has 1 aliphatic rings. The average molecular weight is 469 g/mol. The molecule has 10 heteroatoms. The van der Waals surface area contributed by atoms with Crippen LogP contribution in [0, 0.1) is 6.92 Å². The topological polar surface area (TPSA) is 112 Å². The molecule has 172 valence electrons. The fraction of sp³-hybridized carbons (Fsp3) is 0.304. The molecule has 33 heavy (non-hydrogen) atoms. The second-order valence-electron chi connectivity index (χ2n) is 7.51. The van der Waals surface area contributed by atoms with Gasteiger partial charge in [-0.25, -0.2) is 0 Å². The molecule has 0 fully saturated rings. The van der Waals surface area contributed by atoms with Crippen molar-refractivity contribution in [2.75, 3.05) is 25.1 Å². The van der Waals surface area contributed by atoms with Gasteiger partial charge in [0.15, 0.2) is 11.5 Å². The molecular weight excluding hydrogens is 444 g/mol. The van der Waals surface area contributed by atoms with Gasteiger partial charge in [-0.15, -0.1) is 10.2 Å². The van der Waals surface area contributed by atoms with E-state index in [1.807, 2.05) is 56.3 Å². The predicted octanol–water partition coefficient (Wildman–Crippen LogP) is 3.26. The number of nitrogens with one attached hydrogen (secondary N) is 2. The van der Waals surface area contributed by atoms with E-state index in [0.29, 0.717) is 35.4 Å². The highest BCUT2D eigenvalue weighted by Gasteiger charge is 2.17. The maximum atomic E-state index is 12.3. The van der Waals surface area contributed by atoms with Crippen molar-refractivity contribution >= 4 is 28.8 Å². The van der Waals surface area contributed by atoms with Crippen molar-refractivity contribution in [1.82, 2.24) is 15.5 Å². The first-order valence-electron chi connectivity index (χ1n) is 10.4. The fourth-order valence-electron chi connectivity index (χ4n) is 3.15. The zero-order chi connectivity index (χ0) is 23.2. The first kappa shape index (κ1) is 22.7. The van der Waals surface area contributed by atoms with Crippen molar-refractivity contribution in [2.45, 2.75) is 26.5 Å². The molecule has 2 heterocycles. The number of aromatic nitrogens is 2. The summed E-state index contributed by atoms with van der Waals surface area (Å²) in [6.45, 7) is 4.84. The summed E-state index contributed by atoms with van der Waals surface area (Å²) < 4.78 is 16.6. The zero-order valence-corrected chi connectivity index (χ0v) is 19.1. The monoisotopic (exact) mass is 468 g/mol. The van der Waals surface area contributed by atoms with Crippen molar-refractivity contribution in [3.8, 4) is 11.5 Å². The van der Waals surface area contributed by atoms with Gasteiger partial charge in [0, 0.05) is 5.69 Å². The summed E-state index contributed by atoms with van der Waals surface area (Å²) in [6, 6.07) is 12.8. The molecule has 1 aliphatic heterocycles. The van der Waals surface area contributed by atoms with E-state index in [0.717, 1.165) is 22.5 Å². The number of nitrogens with zero attached hydrogens (tertiary/aromatic N) is 2. The smallest absolute Gasteiger partial charge is 0.286 e. The first-order chi connectivity index (χ1) is 16.0. The number of hydrogen-bond donors (Lipinski definition) is 2. The highest BCUT2D eigenvalue weighted by atomic mass is 32.1. The van der Waals surface area contributed by atoms with Crippen molar-refractivity contribution in [2.24, 2.45) is 0 Å². The van der Waals surface area contributed by atoms with E-state index in [-0.39, 0.29) is 36.1 Å². The Kier molecular flexibility index (Phi) is 7.16.